The van der Waals surface area contributed by atoms with Gasteiger partial charge in [0.15, 0.2) is 0 Å². The number of carbonyl (C=O) groups excluding carboxylic acids is 3. The van der Waals surface area contributed by atoms with E-state index in [-0.39, 0.29) is 24.4 Å². The fourth-order valence-corrected chi connectivity index (χ4v) is 2.55. The molecule has 1 rings (SSSR count). The summed E-state index contributed by atoms with van der Waals surface area (Å²) >= 11 is 0. The van der Waals surface area contributed by atoms with E-state index in [2.05, 4.69) is 0 Å². The number of methoxy groups -OCH3 is 1. The van der Waals surface area contributed by atoms with Crippen molar-refractivity contribution in [1.29, 1.82) is 0 Å². The first-order chi connectivity index (χ1) is 10.5. The molecule has 1 aliphatic heterocycles. The molecule has 7 nitrogen and oxygen atoms in total. The van der Waals surface area contributed by atoms with Gasteiger partial charge in [-0.3, -0.25) is 4.79 Å². The van der Waals surface area contributed by atoms with Crippen LogP contribution in [0.25, 0.3) is 0 Å². The van der Waals surface area contributed by atoms with Gasteiger partial charge >= 0.3 is 12.1 Å². The van der Waals surface area contributed by atoms with Gasteiger partial charge in [-0.15, -0.1) is 0 Å². The van der Waals surface area contributed by atoms with Crippen molar-refractivity contribution in [2.45, 2.75) is 59.2 Å². The Hall–Kier alpha value is -1.79. The zero-order valence-electron chi connectivity index (χ0n) is 15.1. The van der Waals surface area contributed by atoms with Crippen LogP contribution in [-0.4, -0.2) is 65.7 Å². The summed E-state index contributed by atoms with van der Waals surface area (Å²) in [4.78, 5) is 39.8. The Morgan fingerprint density at radius 2 is 1.70 bits per heavy atom. The maximum Gasteiger partial charge on any atom is 0.410 e. The van der Waals surface area contributed by atoms with Crippen LogP contribution in [0.2, 0.25) is 0 Å². The maximum atomic E-state index is 12.4. The fraction of sp³-hybridized carbons (Fsp3) is 0.812. The minimum atomic E-state index is -0.814. The predicted octanol–water partition coefficient (Wildman–Crippen LogP) is 1.65. The Balaban J connectivity index is 3.00. The van der Waals surface area contributed by atoms with Gasteiger partial charge < -0.3 is 19.3 Å². The number of rotatable bonds is 2. The van der Waals surface area contributed by atoms with Crippen LogP contribution in [0.15, 0.2) is 0 Å². The molecule has 0 aromatic rings. The minimum Gasteiger partial charge on any atom is -0.467 e. The SMILES string of the molecule is COC(=O)[C@@H]1CN(C(=O)OC(C)(C)C)C[C@H](C)N1C(=O)C(C)C. The molecule has 1 saturated heterocycles. The molecule has 0 aliphatic carbocycles. The number of esters is 1. The van der Waals surface area contributed by atoms with E-state index in [1.807, 2.05) is 6.92 Å². The molecule has 0 aromatic carbocycles. The average Bonchev–Trinajstić information content (AvgIpc) is 2.42. The lowest BCUT2D eigenvalue weighted by Crippen LogP contribution is -2.64. The third-order valence-electron chi connectivity index (χ3n) is 3.56. The van der Waals surface area contributed by atoms with E-state index in [1.54, 1.807) is 34.6 Å². The molecule has 2 amide bonds. The van der Waals surface area contributed by atoms with Crippen LogP contribution in [0, 0.1) is 5.92 Å². The molecule has 0 radical (unpaired) electrons. The fourth-order valence-electron chi connectivity index (χ4n) is 2.55. The van der Waals surface area contributed by atoms with E-state index in [0.717, 1.165) is 0 Å². The Labute approximate surface area is 137 Å². The number of hydrogen-bond acceptors (Lipinski definition) is 5. The highest BCUT2D eigenvalue weighted by molar-refractivity contribution is 5.87. The number of carbonyl (C=O) groups is 3. The maximum absolute atomic E-state index is 12.4. The minimum absolute atomic E-state index is 0.0738. The van der Waals surface area contributed by atoms with Gasteiger partial charge in [0.25, 0.3) is 0 Å². The molecule has 0 spiro atoms. The van der Waals surface area contributed by atoms with Crippen LogP contribution in [0.1, 0.15) is 41.5 Å². The van der Waals surface area contributed by atoms with E-state index in [9.17, 15) is 14.4 Å². The molecular weight excluding hydrogens is 300 g/mol. The summed E-state index contributed by atoms with van der Waals surface area (Å²) < 4.78 is 10.2. The Morgan fingerprint density at radius 3 is 2.13 bits per heavy atom. The molecule has 0 saturated carbocycles. The van der Waals surface area contributed by atoms with Crippen molar-refractivity contribution in [2.75, 3.05) is 20.2 Å². The van der Waals surface area contributed by atoms with E-state index >= 15 is 0 Å². The summed E-state index contributed by atoms with van der Waals surface area (Å²) in [6.45, 7) is 11.1. The normalized spacial score (nSPS) is 22.1. The number of nitrogens with zero attached hydrogens (tertiary/aromatic N) is 2. The number of piperazine rings is 1. The quantitative estimate of drug-likeness (QED) is 0.721. The van der Waals surface area contributed by atoms with Crippen molar-refractivity contribution in [3.63, 3.8) is 0 Å². The molecule has 7 heteroatoms. The number of amides is 2. The molecule has 132 valence electrons. The summed E-state index contributed by atoms with van der Waals surface area (Å²) in [6.07, 6.45) is -0.491. The monoisotopic (exact) mass is 328 g/mol. The van der Waals surface area contributed by atoms with Crippen molar-refractivity contribution in [1.82, 2.24) is 9.80 Å². The highest BCUT2D eigenvalue weighted by Gasteiger charge is 2.42. The van der Waals surface area contributed by atoms with Gasteiger partial charge in [-0.25, -0.2) is 9.59 Å². The summed E-state index contributed by atoms with van der Waals surface area (Å²) in [6, 6.07) is -1.11. The van der Waals surface area contributed by atoms with Crippen molar-refractivity contribution in [3.05, 3.63) is 0 Å². The van der Waals surface area contributed by atoms with E-state index in [1.165, 1.54) is 16.9 Å². The summed E-state index contributed by atoms with van der Waals surface area (Å²) in [5.41, 5.74) is -0.619. The van der Waals surface area contributed by atoms with Gasteiger partial charge in [0.1, 0.15) is 11.6 Å². The van der Waals surface area contributed by atoms with E-state index in [0.29, 0.717) is 6.54 Å². The summed E-state index contributed by atoms with van der Waals surface area (Å²) in [5, 5.41) is 0. The Morgan fingerprint density at radius 1 is 1.13 bits per heavy atom. The van der Waals surface area contributed by atoms with Crippen molar-refractivity contribution >= 4 is 18.0 Å². The molecule has 0 bridgehead atoms. The molecule has 0 unspecified atom stereocenters. The van der Waals surface area contributed by atoms with Crippen LogP contribution in [0.3, 0.4) is 0 Å². The highest BCUT2D eigenvalue weighted by atomic mass is 16.6. The van der Waals surface area contributed by atoms with Gasteiger partial charge in [-0.05, 0) is 27.7 Å². The second-order valence-electron chi connectivity index (χ2n) is 7.17. The van der Waals surface area contributed by atoms with Crippen molar-refractivity contribution < 1.29 is 23.9 Å². The first-order valence-electron chi connectivity index (χ1n) is 7.85. The molecule has 0 aromatic heterocycles. The first-order valence-corrected chi connectivity index (χ1v) is 7.85. The summed E-state index contributed by atoms with van der Waals surface area (Å²) in [7, 11) is 1.28. The summed E-state index contributed by atoms with van der Waals surface area (Å²) in [5.74, 6) is -0.895. The lowest BCUT2D eigenvalue weighted by molar-refractivity contribution is -0.160. The lowest BCUT2D eigenvalue weighted by Gasteiger charge is -2.44. The molecule has 23 heavy (non-hydrogen) atoms. The molecule has 2 atom stereocenters. The lowest BCUT2D eigenvalue weighted by atomic mass is 10.0. The van der Waals surface area contributed by atoms with Gasteiger partial charge in [0, 0.05) is 18.5 Å². The highest BCUT2D eigenvalue weighted by Crippen LogP contribution is 2.22. The topological polar surface area (TPSA) is 76.2 Å². The third-order valence-corrected chi connectivity index (χ3v) is 3.56. The van der Waals surface area contributed by atoms with Crippen molar-refractivity contribution in [2.24, 2.45) is 5.92 Å². The zero-order chi connectivity index (χ0) is 17.9. The van der Waals surface area contributed by atoms with Crippen LogP contribution in [0.5, 0.6) is 0 Å². The molecule has 0 N–H and O–H groups in total. The van der Waals surface area contributed by atoms with Crippen LogP contribution < -0.4 is 0 Å². The Kier molecular flexibility index (Phi) is 6.02. The second kappa shape index (κ2) is 7.19. The smallest absolute Gasteiger partial charge is 0.410 e. The largest absolute Gasteiger partial charge is 0.467 e. The molecule has 1 aliphatic rings. The third kappa shape index (κ3) is 4.84. The Bertz CT molecular complexity index is 470. The number of hydrogen-bond donors (Lipinski definition) is 0. The van der Waals surface area contributed by atoms with Crippen LogP contribution >= 0.6 is 0 Å². The van der Waals surface area contributed by atoms with Gasteiger partial charge in [0.2, 0.25) is 5.91 Å². The average molecular weight is 328 g/mol. The molecular formula is C16H28N2O5. The molecule has 1 fully saturated rings. The zero-order valence-corrected chi connectivity index (χ0v) is 15.1. The van der Waals surface area contributed by atoms with Crippen molar-refractivity contribution in [3.8, 4) is 0 Å². The van der Waals surface area contributed by atoms with E-state index in [4.69, 9.17) is 9.47 Å². The van der Waals surface area contributed by atoms with E-state index < -0.39 is 23.7 Å². The first kappa shape index (κ1) is 19.3. The van der Waals surface area contributed by atoms with Gasteiger partial charge in [-0.1, -0.05) is 13.8 Å². The van der Waals surface area contributed by atoms with Gasteiger partial charge in [0.05, 0.1) is 13.7 Å². The predicted molar refractivity (Wildman–Crippen MR) is 84.8 cm³/mol. The second-order valence-corrected chi connectivity index (χ2v) is 7.17. The van der Waals surface area contributed by atoms with Crippen LogP contribution in [0.4, 0.5) is 4.79 Å². The number of ether oxygens (including phenoxy) is 2. The van der Waals surface area contributed by atoms with Crippen LogP contribution in [-0.2, 0) is 19.1 Å². The molecule has 1 heterocycles. The standard InChI is InChI=1S/C16H28N2O5/c1-10(2)13(19)18-11(3)8-17(9-12(18)14(20)22-7)15(21)23-16(4,5)6/h10-12H,8-9H2,1-7H3/t11-,12-/m0/s1. The van der Waals surface area contributed by atoms with Gasteiger partial charge in [-0.2, -0.15) is 0 Å².